The number of allylic oxidation sites excluding steroid dienone is 1. The Balaban J connectivity index is 5.23. The van der Waals surface area contributed by atoms with Crippen LogP contribution in [0.15, 0.2) is 12.3 Å². The summed E-state index contributed by atoms with van der Waals surface area (Å²) in [5.41, 5.74) is -3.16. The summed E-state index contributed by atoms with van der Waals surface area (Å²) in [5, 5.41) is 0. The Hall–Kier alpha value is -1.41. The Kier molecular flexibility index (Phi) is 4.09. The van der Waals surface area contributed by atoms with Gasteiger partial charge >= 0.3 is 18.3 Å². The van der Waals surface area contributed by atoms with Gasteiger partial charge in [0.05, 0.1) is 0 Å². The van der Waals surface area contributed by atoms with Crippen LogP contribution in [0.4, 0.5) is 26.3 Å². The van der Waals surface area contributed by atoms with Gasteiger partial charge in [0.1, 0.15) is 0 Å². The third-order valence-electron chi connectivity index (χ3n) is 1.86. The van der Waals surface area contributed by atoms with Crippen molar-refractivity contribution in [1.29, 1.82) is 0 Å². The molecule has 100 valence electrons. The predicted octanol–water partition coefficient (Wildman–Crippen LogP) is 2.70. The average molecular weight is 265 g/mol. The van der Waals surface area contributed by atoms with Crippen LogP contribution in [-0.2, 0) is 9.63 Å². The van der Waals surface area contributed by atoms with Crippen molar-refractivity contribution in [2.45, 2.75) is 26.2 Å². The first kappa shape index (κ1) is 15.6. The van der Waals surface area contributed by atoms with E-state index in [1.807, 2.05) is 0 Å². The van der Waals surface area contributed by atoms with Crippen molar-refractivity contribution in [3.05, 3.63) is 12.3 Å². The zero-order valence-electron chi connectivity index (χ0n) is 8.79. The molecule has 0 unspecified atom stereocenters. The highest BCUT2D eigenvalue weighted by Gasteiger charge is 2.73. The molecule has 0 radical (unpaired) electrons. The molecule has 0 amide bonds. The van der Waals surface area contributed by atoms with Crippen molar-refractivity contribution in [3.8, 4) is 0 Å². The second-order valence-corrected chi connectivity index (χ2v) is 3.39. The zero-order valence-corrected chi connectivity index (χ0v) is 8.79. The van der Waals surface area contributed by atoms with Crippen molar-refractivity contribution in [2.24, 2.45) is 5.41 Å². The van der Waals surface area contributed by atoms with Crippen molar-refractivity contribution < 1.29 is 36.0 Å². The number of hydrogen-bond acceptors (Lipinski definition) is 3. The highest BCUT2D eigenvalue weighted by molar-refractivity contribution is 5.78. The molecule has 0 bridgehead atoms. The fourth-order valence-corrected chi connectivity index (χ4v) is 0.628. The molecule has 0 saturated carbocycles. The van der Waals surface area contributed by atoms with E-state index in [1.54, 1.807) is 5.48 Å². The number of hydroxylamine groups is 1. The van der Waals surface area contributed by atoms with Crippen LogP contribution in [0.2, 0.25) is 0 Å². The molecule has 9 heteroatoms. The van der Waals surface area contributed by atoms with Gasteiger partial charge in [-0.1, -0.05) is 6.58 Å². The van der Waals surface area contributed by atoms with Gasteiger partial charge < -0.3 is 4.84 Å². The monoisotopic (exact) mass is 265 g/mol. The second kappa shape index (κ2) is 4.46. The van der Waals surface area contributed by atoms with E-state index in [0.717, 1.165) is 0 Å². The molecule has 0 heterocycles. The maximum atomic E-state index is 12.3. The van der Waals surface area contributed by atoms with Crippen molar-refractivity contribution in [3.63, 3.8) is 0 Å². The number of nitrogens with one attached hydrogen (secondary N) is 1. The molecule has 0 aliphatic heterocycles. The van der Waals surface area contributed by atoms with Crippen molar-refractivity contribution in [1.82, 2.24) is 5.48 Å². The molecule has 17 heavy (non-hydrogen) atoms. The second-order valence-electron chi connectivity index (χ2n) is 3.39. The van der Waals surface area contributed by atoms with E-state index in [-0.39, 0.29) is 12.6 Å². The Bertz CT molecular complexity index is 305. The van der Waals surface area contributed by atoms with E-state index < -0.39 is 23.7 Å². The SMILES string of the molecule is C=C(C)NOC(=O)C(C)(C(F)(F)F)C(F)(F)F. The van der Waals surface area contributed by atoms with Gasteiger partial charge in [-0.25, -0.2) is 10.3 Å². The first-order valence-electron chi connectivity index (χ1n) is 4.10. The number of alkyl halides is 6. The molecule has 0 aromatic heterocycles. The lowest BCUT2D eigenvalue weighted by atomic mass is 9.89. The molecule has 0 aromatic carbocycles. The molecule has 1 N–H and O–H groups in total. The number of carbonyl (C=O) groups is 1. The third-order valence-corrected chi connectivity index (χ3v) is 1.86. The molecule has 0 rings (SSSR count). The molecule has 0 aromatic rings. The summed E-state index contributed by atoms with van der Waals surface area (Å²) < 4.78 is 73.8. The minimum absolute atomic E-state index is 0.120. The summed E-state index contributed by atoms with van der Waals surface area (Å²) >= 11 is 0. The normalized spacial score (nSPS) is 13.2. The van der Waals surface area contributed by atoms with Crippen molar-refractivity contribution >= 4 is 5.97 Å². The number of rotatable bonds is 3. The van der Waals surface area contributed by atoms with Gasteiger partial charge in [-0.2, -0.15) is 26.3 Å². The quantitative estimate of drug-likeness (QED) is 0.629. The van der Waals surface area contributed by atoms with Crippen LogP contribution in [0.3, 0.4) is 0 Å². The van der Waals surface area contributed by atoms with Gasteiger partial charge in [0.25, 0.3) is 5.41 Å². The molecule has 0 spiro atoms. The van der Waals surface area contributed by atoms with Gasteiger partial charge in [0.2, 0.25) is 0 Å². The Morgan fingerprint density at radius 3 is 1.71 bits per heavy atom. The van der Waals surface area contributed by atoms with Gasteiger partial charge in [-0.15, -0.1) is 0 Å². The lowest BCUT2D eigenvalue weighted by Crippen LogP contribution is -2.55. The first-order chi connectivity index (χ1) is 7.34. The topological polar surface area (TPSA) is 38.3 Å². The van der Waals surface area contributed by atoms with E-state index >= 15 is 0 Å². The highest BCUT2D eigenvalue weighted by atomic mass is 19.4. The van der Waals surface area contributed by atoms with Crippen LogP contribution in [0.25, 0.3) is 0 Å². The maximum Gasteiger partial charge on any atom is 0.413 e. The van der Waals surface area contributed by atoms with Crippen LogP contribution >= 0.6 is 0 Å². The van der Waals surface area contributed by atoms with Crippen LogP contribution < -0.4 is 5.48 Å². The largest absolute Gasteiger partial charge is 0.413 e. The molecule has 0 saturated heterocycles. The van der Waals surface area contributed by atoms with Gasteiger partial charge in [-0.05, 0) is 13.8 Å². The molecule has 0 aliphatic rings. The lowest BCUT2D eigenvalue weighted by Gasteiger charge is -2.31. The van der Waals surface area contributed by atoms with Gasteiger partial charge in [-0.3, -0.25) is 0 Å². The number of halogens is 6. The fourth-order valence-electron chi connectivity index (χ4n) is 0.628. The molecular formula is C8H9F6NO2. The molecule has 0 atom stereocenters. The first-order valence-corrected chi connectivity index (χ1v) is 4.10. The summed E-state index contributed by atoms with van der Waals surface area (Å²) in [5.74, 6) is -2.50. The van der Waals surface area contributed by atoms with Gasteiger partial charge in [0, 0.05) is 5.70 Å². The Morgan fingerprint density at radius 1 is 1.12 bits per heavy atom. The number of carbonyl (C=O) groups excluding carboxylic acids is 1. The summed E-state index contributed by atoms with van der Waals surface area (Å²) in [6.45, 7) is 3.97. The summed E-state index contributed by atoms with van der Waals surface area (Å²) in [6.07, 6.45) is -11.6. The minimum Gasteiger partial charge on any atom is -0.342 e. The van der Waals surface area contributed by atoms with E-state index in [1.165, 1.54) is 6.92 Å². The number of hydrogen-bond donors (Lipinski definition) is 1. The molecule has 0 aliphatic carbocycles. The van der Waals surface area contributed by atoms with Crippen LogP contribution in [0.1, 0.15) is 13.8 Å². The van der Waals surface area contributed by atoms with E-state index in [0.29, 0.717) is 0 Å². The fraction of sp³-hybridized carbons (Fsp3) is 0.625. The Labute approximate surface area is 92.4 Å². The third kappa shape index (κ3) is 3.04. The zero-order chi connectivity index (χ0) is 14.1. The predicted molar refractivity (Wildman–Crippen MR) is 44.3 cm³/mol. The highest BCUT2D eigenvalue weighted by Crippen LogP contribution is 2.50. The van der Waals surface area contributed by atoms with Gasteiger partial charge in [0.15, 0.2) is 0 Å². The Morgan fingerprint density at radius 2 is 1.47 bits per heavy atom. The molecule has 3 nitrogen and oxygen atoms in total. The molecule has 0 fully saturated rings. The van der Waals surface area contributed by atoms with E-state index in [2.05, 4.69) is 11.4 Å². The minimum atomic E-state index is -5.82. The lowest BCUT2D eigenvalue weighted by molar-refractivity contribution is -0.327. The van der Waals surface area contributed by atoms with Crippen LogP contribution in [0.5, 0.6) is 0 Å². The van der Waals surface area contributed by atoms with Crippen molar-refractivity contribution in [2.75, 3.05) is 0 Å². The van der Waals surface area contributed by atoms with E-state index in [9.17, 15) is 31.1 Å². The summed E-state index contributed by atoms with van der Waals surface area (Å²) in [7, 11) is 0. The average Bonchev–Trinajstić information content (AvgIpc) is 2.08. The van der Waals surface area contributed by atoms with Crippen LogP contribution in [-0.4, -0.2) is 18.3 Å². The standard InChI is InChI=1S/C8H9F6NO2/c1-4(2)15-17-5(16)6(3,7(9,10)11)8(12,13)14/h15H,1H2,2-3H3. The summed E-state index contributed by atoms with van der Waals surface area (Å²) in [4.78, 5) is 14.6. The van der Waals surface area contributed by atoms with Crippen LogP contribution in [0, 0.1) is 5.41 Å². The van der Waals surface area contributed by atoms with E-state index in [4.69, 9.17) is 0 Å². The smallest absolute Gasteiger partial charge is 0.342 e. The summed E-state index contributed by atoms with van der Waals surface area (Å²) in [6, 6.07) is 0. The maximum absolute atomic E-state index is 12.3. The molecular weight excluding hydrogens is 256 g/mol.